The summed E-state index contributed by atoms with van der Waals surface area (Å²) in [6, 6.07) is 3.75. The van der Waals surface area contributed by atoms with Gasteiger partial charge in [-0.3, -0.25) is 0 Å². The summed E-state index contributed by atoms with van der Waals surface area (Å²) in [7, 11) is 0. The van der Waals surface area contributed by atoms with Gasteiger partial charge in [0.1, 0.15) is 0 Å². The first kappa shape index (κ1) is 12.7. The van der Waals surface area contributed by atoms with E-state index in [0.717, 1.165) is 28.0 Å². The third-order valence-corrected chi connectivity index (χ3v) is 3.50. The molecule has 0 saturated heterocycles. The Kier molecular flexibility index (Phi) is 3.94. The highest BCUT2D eigenvalue weighted by atomic mass is 79.9. The molecule has 3 nitrogen and oxygen atoms in total. The van der Waals surface area contributed by atoms with E-state index in [-0.39, 0.29) is 5.92 Å². The van der Waals surface area contributed by atoms with Crippen molar-refractivity contribution in [1.29, 1.82) is 0 Å². The van der Waals surface area contributed by atoms with Crippen LogP contribution in [0.5, 0.6) is 11.5 Å². The van der Waals surface area contributed by atoms with Crippen LogP contribution in [-0.2, 0) is 0 Å². The van der Waals surface area contributed by atoms with E-state index in [0.29, 0.717) is 13.2 Å². The van der Waals surface area contributed by atoms with Gasteiger partial charge in [0.25, 0.3) is 0 Å². The van der Waals surface area contributed by atoms with Gasteiger partial charge in [0.15, 0.2) is 11.5 Å². The van der Waals surface area contributed by atoms with Gasteiger partial charge in [0, 0.05) is 10.9 Å². The monoisotopic (exact) mass is 300 g/mol. The van der Waals surface area contributed by atoms with Gasteiger partial charge in [-0.15, -0.1) is 0 Å². The van der Waals surface area contributed by atoms with Crippen molar-refractivity contribution in [3.8, 4) is 11.5 Å². The minimum atomic E-state index is -0.499. The number of ether oxygens (including phenoxy) is 2. The maximum Gasteiger partial charge on any atom is 0.162 e. The van der Waals surface area contributed by atoms with Crippen molar-refractivity contribution in [2.24, 2.45) is 5.92 Å². The highest BCUT2D eigenvalue weighted by molar-refractivity contribution is 9.10. The zero-order chi connectivity index (χ0) is 12.4. The van der Waals surface area contributed by atoms with Crippen LogP contribution in [0.15, 0.2) is 16.6 Å². The Bertz CT molecular complexity index is 404. The Morgan fingerprint density at radius 2 is 1.76 bits per heavy atom. The molecule has 1 aliphatic rings. The molecule has 0 aliphatic carbocycles. The lowest BCUT2D eigenvalue weighted by atomic mass is 9.99. The molecule has 1 aromatic rings. The number of aliphatic hydroxyl groups excluding tert-OH is 1. The van der Waals surface area contributed by atoms with Crippen LogP contribution >= 0.6 is 15.9 Å². The molecule has 0 fully saturated rings. The van der Waals surface area contributed by atoms with E-state index >= 15 is 0 Å². The molecule has 0 spiro atoms. The number of fused-ring (bicyclic) bond motifs is 1. The normalized spacial score (nSPS) is 16.8. The third kappa shape index (κ3) is 2.75. The predicted molar refractivity (Wildman–Crippen MR) is 69.5 cm³/mol. The van der Waals surface area contributed by atoms with Crippen molar-refractivity contribution in [2.45, 2.75) is 26.4 Å². The van der Waals surface area contributed by atoms with E-state index < -0.39 is 6.10 Å². The number of benzene rings is 1. The van der Waals surface area contributed by atoms with E-state index in [9.17, 15) is 5.11 Å². The second-order valence-corrected chi connectivity index (χ2v) is 5.41. The average molecular weight is 301 g/mol. The van der Waals surface area contributed by atoms with Gasteiger partial charge in [0.05, 0.1) is 19.3 Å². The molecule has 0 radical (unpaired) electrons. The summed E-state index contributed by atoms with van der Waals surface area (Å²) in [5.41, 5.74) is 0.851. The molecule has 1 heterocycles. The quantitative estimate of drug-likeness (QED) is 0.911. The molecule has 1 atom stereocenters. The van der Waals surface area contributed by atoms with E-state index in [4.69, 9.17) is 9.47 Å². The topological polar surface area (TPSA) is 38.7 Å². The van der Waals surface area contributed by atoms with Crippen LogP contribution < -0.4 is 9.47 Å². The first-order chi connectivity index (χ1) is 8.09. The predicted octanol–water partition coefficient (Wildman–Crippen LogP) is 3.30. The maximum atomic E-state index is 10.1. The zero-order valence-corrected chi connectivity index (χ0v) is 11.7. The minimum absolute atomic E-state index is 0.163. The molecule has 0 bridgehead atoms. The van der Waals surface area contributed by atoms with Crippen molar-refractivity contribution >= 4 is 15.9 Å². The molecule has 0 amide bonds. The summed E-state index contributed by atoms with van der Waals surface area (Å²) in [6.07, 6.45) is 0.385. The summed E-state index contributed by atoms with van der Waals surface area (Å²) in [6.45, 7) is 5.30. The van der Waals surface area contributed by atoms with Crippen LogP contribution in [0.3, 0.4) is 0 Å². The molecule has 0 saturated carbocycles. The summed E-state index contributed by atoms with van der Waals surface area (Å²) >= 11 is 3.47. The van der Waals surface area contributed by atoms with Gasteiger partial charge in [-0.2, -0.15) is 0 Å². The van der Waals surface area contributed by atoms with Crippen molar-refractivity contribution in [2.75, 3.05) is 13.2 Å². The Balaban J connectivity index is 2.38. The number of hydrogen-bond donors (Lipinski definition) is 1. The molecular formula is C13H17BrO3. The first-order valence-electron chi connectivity index (χ1n) is 5.86. The fourth-order valence-corrected chi connectivity index (χ4v) is 2.34. The number of hydrogen-bond acceptors (Lipinski definition) is 3. The third-order valence-electron chi connectivity index (χ3n) is 2.82. The lowest BCUT2D eigenvalue weighted by Crippen LogP contribution is -2.07. The van der Waals surface area contributed by atoms with Crippen molar-refractivity contribution < 1.29 is 14.6 Å². The van der Waals surface area contributed by atoms with Gasteiger partial charge < -0.3 is 14.6 Å². The Hall–Kier alpha value is -0.740. The second-order valence-electron chi connectivity index (χ2n) is 4.56. The maximum absolute atomic E-state index is 10.1. The highest BCUT2D eigenvalue weighted by Crippen LogP contribution is 2.39. The molecule has 1 aromatic carbocycles. The van der Waals surface area contributed by atoms with E-state index in [1.54, 1.807) is 0 Å². The molecule has 1 aliphatic heterocycles. The van der Waals surface area contributed by atoms with Crippen LogP contribution in [-0.4, -0.2) is 18.3 Å². The Labute approximate surface area is 110 Å². The van der Waals surface area contributed by atoms with Crippen LogP contribution in [0.1, 0.15) is 31.9 Å². The van der Waals surface area contributed by atoms with E-state index in [1.807, 2.05) is 26.0 Å². The molecule has 1 N–H and O–H groups in total. The SMILES string of the molecule is CC(C)C(O)c1cc2c(cc1Br)OCCCO2. The van der Waals surface area contributed by atoms with E-state index in [1.165, 1.54) is 0 Å². The average Bonchev–Trinajstić information content (AvgIpc) is 2.51. The van der Waals surface area contributed by atoms with Crippen LogP contribution in [0, 0.1) is 5.92 Å². The van der Waals surface area contributed by atoms with Gasteiger partial charge in [0.2, 0.25) is 0 Å². The molecule has 94 valence electrons. The summed E-state index contributed by atoms with van der Waals surface area (Å²) in [5, 5.41) is 10.1. The van der Waals surface area contributed by atoms with E-state index in [2.05, 4.69) is 15.9 Å². The zero-order valence-electron chi connectivity index (χ0n) is 10.1. The minimum Gasteiger partial charge on any atom is -0.490 e. The fraction of sp³-hybridized carbons (Fsp3) is 0.538. The summed E-state index contributed by atoms with van der Waals surface area (Å²) in [4.78, 5) is 0. The fourth-order valence-electron chi connectivity index (χ4n) is 1.79. The number of halogens is 1. The standard InChI is InChI=1S/C13H17BrO3/c1-8(2)13(15)9-6-11-12(7-10(9)14)17-5-3-4-16-11/h6-8,13,15H,3-5H2,1-2H3. The lowest BCUT2D eigenvalue weighted by Gasteiger charge is -2.18. The van der Waals surface area contributed by atoms with Crippen LogP contribution in [0.4, 0.5) is 0 Å². The largest absolute Gasteiger partial charge is 0.490 e. The van der Waals surface area contributed by atoms with Gasteiger partial charge in [-0.25, -0.2) is 0 Å². The van der Waals surface area contributed by atoms with Gasteiger partial charge in [-0.05, 0) is 23.6 Å². The molecular weight excluding hydrogens is 284 g/mol. The van der Waals surface area contributed by atoms with Crippen LogP contribution in [0.2, 0.25) is 0 Å². The summed E-state index contributed by atoms with van der Waals surface area (Å²) < 4.78 is 12.1. The second kappa shape index (κ2) is 5.27. The van der Waals surface area contributed by atoms with Gasteiger partial charge >= 0.3 is 0 Å². The lowest BCUT2D eigenvalue weighted by molar-refractivity contribution is 0.126. The number of rotatable bonds is 2. The van der Waals surface area contributed by atoms with Gasteiger partial charge in [-0.1, -0.05) is 29.8 Å². The molecule has 1 unspecified atom stereocenters. The first-order valence-corrected chi connectivity index (χ1v) is 6.66. The van der Waals surface area contributed by atoms with Crippen molar-refractivity contribution in [3.05, 3.63) is 22.2 Å². The van der Waals surface area contributed by atoms with Crippen LogP contribution in [0.25, 0.3) is 0 Å². The molecule has 2 rings (SSSR count). The Morgan fingerprint density at radius 1 is 1.18 bits per heavy atom. The van der Waals surface area contributed by atoms with Crippen molar-refractivity contribution in [3.63, 3.8) is 0 Å². The smallest absolute Gasteiger partial charge is 0.162 e. The molecule has 0 aromatic heterocycles. The highest BCUT2D eigenvalue weighted by Gasteiger charge is 2.20. The summed E-state index contributed by atoms with van der Waals surface area (Å²) in [5.74, 6) is 1.63. The van der Waals surface area contributed by atoms with Crippen molar-refractivity contribution in [1.82, 2.24) is 0 Å². The number of aliphatic hydroxyl groups is 1. The molecule has 4 heteroatoms. The Morgan fingerprint density at radius 3 is 2.35 bits per heavy atom. The molecule has 17 heavy (non-hydrogen) atoms.